The summed E-state index contributed by atoms with van der Waals surface area (Å²) in [6.07, 6.45) is 1.93. The van der Waals surface area contributed by atoms with Crippen LogP contribution in [0.25, 0.3) is 0 Å². The molecule has 1 N–H and O–H groups in total. The molecule has 92 valence electrons. The third kappa shape index (κ3) is 3.33. The maximum atomic E-state index is 10.2. The smallest absolute Gasteiger partial charge is 0.0907 e. The Morgan fingerprint density at radius 1 is 1.31 bits per heavy atom. The number of aliphatic hydroxyl groups is 1. The van der Waals surface area contributed by atoms with Crippen molar-refractivity contribution in [2.75, 3.05) is 0 Å². The van der Waals surface area contributed by atoms with E-state index in [9.17, 15) is 5.11 Å². The third-order valence-electron chi connectivity index (χ3n) is 2.94. The highest BCUT2D eigenvalue weighted by molar-refractivity contribution is 7.12. The van der Waals surface area contributed by atoms with E-state index in [1.807, 2.05) is 0 Å². The largest absolute Gasteiger partial charge is 0.387 e. The minimum absolute atomic E-state index is 0.191. The van der Waals surface area contributed by atoms with Gasteiger partial charge in [-0.05, 0) is 29.9 Å². The van der Waals surface area contributed by atoms with Crippen molar-refractivity contribution in [3.63, 3.8) is 0 Å². The highest BCUT2D eigenvalue weighted by Gasteiger charge is 2.21. The van der Waals surface area contributed by atoms with E-state index in [0.29, 0.717) is 5.92 Å². The maximum absolute atomic E-state index is 10.2. The Morgan fingerprint density at radius 2 is 1.94 bits per heavy atom. The van der Waals surface area contributed by atoms with Crippen LogP contribution < -0.4 is 0 Å². The van der Waals surface area contributed by atoms with Crippen LogP contribution in [0.1, 0.15) is 63.3 Å². The van der Waals surface area contributed by atoms with Gasteiger partial charge >= 0.3 is 0 Å². The molecular formula is C14H24OS. The molecule has 0 bridgehead atoms. The quantitative estimate of drug-likeness (QED) is 0.820. The van der Waals surface area contributed by atoms with Crippen LogP contribution in [0.3, 0.4) is 0 Å². The van der Waals surface area contributed by atoms with E-state index in [1.165, 1.54) is 4.88 Å². The Morgan fingerprint density at radius 3 is 2.38 bits per heavy atom. The third-order valence-corrected chi connectivity index (χ3v) is 4.52. The fraction of sp³-hybridized carbons (Fsp3) is 0.714. The van der Waals surface area contributed by atoms with Gasteiger partial charge in [-0.3, -0.25) is 0 Å². The molecular weight excluding hydrogens is 216 g/mol. The zero-order valence-corrected chi connectivity index (χ0v) is 11.9. The van der Waals surface area contributed by atoms with E-state index < -0.39 is 0 Å². The van der Waals surface area contributed by atoms with E-state index in [4.69, 9.17) is 0 Å². The first kappa shape index (κ1) is 13.7. The molecule has 2 atom stereocenters. The number of hydrogen-bond acceptors (Lipinski definition) is 2. The monoisotopic (exact) mass is 240 g/mol. The van der Waals surface area contributed by atoms with Crippen molar-refractivity contribution < 1.29 is 5.11 Å². The molecule has 0 aliphatic heterocycles. The molecule has 0 radical (unpaired) electrons. The zero-order valence-electron chi connectivity index (χ0n) is 11.1. The Kier molecular flexibility index (Phi) is 4.57. The molecule has 1 aromatic rings. The van der Waals surface area contributed by atoms with Crippen LogP contribution >= 0.6 is 11.3 Å². The summed E-state index contributed by atoms with van der Waals surface area (Å²) >= 11 is 1.75. The van der Waals surface area contributed by atoms with Crippen molar-refractivity contribution in [1.29, 1.82) is 0 Å². The zero-order chi connectivity index (χ0) is 12.3. The summed E-state index contributed by atoms with van der Waals surface area (Å²) in [5.41, 5.74) is 0.191. The predicted octanol–water partition coefficient (Wildman–Crippen LogP) is 4.52. The van der Waals surface area contributed by atoms with Crippen molar-refractivity contribution in [3.05, 3.63) is 21.9 Å². The molecule has 0 saturated carbocycles. The number of aliphatic hydroxyl groups excluding tert-OH is 1. The van der Waals surface area contributed by atoms with Crippen molar-refractivity contribution in [2.45, 2.75) is 59.0 Å². The van der Waals surface area contributed by atoms with Gasteiger partial charge in [0.2, 0.25) is 0 Å². The van der Waals surface area contributed by atoms with Crippen LogP contribution in [-0.2, 0) is 5.41 Å². The lowest BCUT2D eigenvalue weighted by atomic mass is 9.94. The molecule has 0 amide bonds. The minimum atomic E-state index is -0.291. The van der Waals surface area contributed by atoms with E-state index in [-0.39, 0.29) is 11.5 Å². The number of thiophene rings is 1. The highest BCUT2D eigenvalue weighted by atomic mass is 32.1. The number of hydrogen-bond donors (Lipinski definition) is 1. The predicted molar refractivity (Wildman–Crippen MR) is 72.1 cm³/mol. The lowest BCUT2D eigenvalue weighted by Crippen LogP contribution is -2.09. The molecule has 1 nitrogen and oxygen atoms in total. The van der Waals surface area contributed by atoms with Gasteiger partial charge in [0.25, 0.3) is 0 Å². The molecule has 0 aliphatic rings. The molecule has 2 heteroatoms. The van der Waals surface area contributed by atoms with Gasteiger partial charge in [0, 0.05) is 9.75 Å². The fourth-order valence-electron chi connectivity index (χ4n) is 1.81. The first-order chi connectivity index (χ1) is 7.36. The number of rotatable bonds is 4. The Balaban J connectivity index is 2.78. The summed E-state index contributed by atoms with van der Waals surface area (Å²) in [7, 11) is 0. The van der Waals surface area contributed by atoms with Crippen molar-refractivity contribution in [3.8, 4) is 0 Å². The van der Waals surface area contributed by atoms with Crippen molar-refractivity contribution in [1.82, 2.24) is 0 Å². The summed E-state index contributed by atoms with van der Waals surface area (Å²) in [4.78, 5) is 2.47. The van der Waals surface area contributed by atoms with Crippen LogP contribution in [0.5, 0.6) is 0 Å². The Labute approximate surface area is 104 Å². The summed E-state index contributed by atoms with van der Waals surface area (Å²) in [6, 6.07) is 4.24. The standard InChI is InChI=1S/C14H24OS/c1-6-7-10(2)13(15)11-8-9-12(16-11)14(3,4)5/h8-10,13,15H,6-7H2,1-5H3. The molecule has 0 fully saturated rings. The van der Waals surface area contributed by atoms with Gasteiger partial charge in [-0.25, -0.2) is 0 Å². The topological polar surface area (TPSA) is 20.2 Å². The summed E-state index contributed by atoms with van der Waals surface area (Å²) in [6.45, 7) is 10.9. The summed E-state index contributed by atoms with van der Waals surface area (Å²) in [5, 5.41) is 10.2. The molecule has 1 rings (SSSR count). The van der Waals surface area contributed by atoms with Crippen LogP contribution in [-0.4, -0.2) is 5.11 Å². The van der Waals surface area contributed by atoms with Gasteiger partial charge in [0.15, 0.2) is 0 Å². The van der Waals surface area contributed by atoms with Gasteiger partial charge in [-0.1, -0.05) is 41.0 Å². The maximum Gasteiger partial charge on any atom is 0.0907 e. The highest BCUT2D eigenvalue weighted by Crippen LogP contribution is 2.35. The summed E-state index contributed by atoms with van der Waals surface area (Å²) < 4.78 is 0. The molecule has 0 aromatic carbocycles. The molecule has 16 heavy (non-hydrogen) atoms. The second-order valence-electron chi connectivity index (χ2n) is 5.66. The van der Waals surface area contributed by atoms with Crippen LogP contribution in [0.15, 0.2) is 12.1 Å². The van der Waals surface area contributed by atoms with E-state index >= 15 is 0 Å². The second-order valence-corrected chi connectivity index (χ2v) is 6.78. The van der Waals surface area contributed by atoms with E-state index in [2.05, 4.69) is 46.8 Å². The average molecular weight is 240 g/mol. The first-order valence-corrected chi connectivity index (χ1v) is 6.96. The van der Waals surface area contributed by atoms with Crippen LogP contribution in [0.2, 0.25) is 0 Å². The van der Waals surface area contributed by atoms with Crippen LogP contribution in [0.4, 0.5) is 0 Å². The molecule has 2 unspecified atom stereocenters. The van der Waals surface area contributed by atoms with Gasteiger partial charge < -0.3 is 5.11 Å². The Hall–Kier alpha value is -0.340. The molecule has 1 aromatic heterocycles. The molecule has 1 heterocycles. The average Bonchev–Trinajstić information content (AvgIpc) is 2.65. The van der Waals surface area contributed by atoms with E-state index in [1.54, 1.807) is 11.3 Å². The Bertz CT molecular complexity index is 322. The van der Waals surface area contributed by atoms with Crippen molar-refractivity contribution in [2.24, 2.45) is 5.92 Å². The summed E-state index contributed by atoms with van der Waals surface area (Å²) in [5.74, 6) is 0.358. The molecule has 0 saturated heterocycles. The van der Waals surface area contributed by atoms with Gasteiger partial charge in [0.05, 0.1) is 6.10 Å². The fourth-order valence-corrected chi connectivity index (χ4v) is 2.99. The SMILES string of the molecule is CCCC(C)C(O)c1ccc(C(C)(C)C)s1. The lowest BCUT2D eigenvalue weighted by molar-refractivity contribution is 0.116. The normalized spacial score (nSPS) is 16.1. The van der Waals surface area contributed by atoms with Crippen LogP contribution in [0, 0.1) is 5.92 Å². The lowest BCUT2D eigenvalue weighted by Gasteiger charge is -2.18. The first-order valence-electron chi connectivity index (χ1n) is 6.14. The molecule has 0 spiro atoms. The van der Waals surface area contributed by atoms with Gasteiger partial charge in [0.1, 0.15) is 0 Å². The second kappa shape index (κ2) is 5.33. The minimum Gasteiger partial charge on any atom is -0.387 e. The molecule has 0 aliphatic carbocycles. The van der Waals surface area contributed by atoms with Gasteiger partial charge in [-0.2, -0.15) is 0 Å². The van der Waals surface area contributed by atoms with Gasteiger partial charge in [-0.15, -0.1) is 11.3 Å². The van der Waals surface area contributed by atoms with Crippen molar-refractivity contribution >= 4 is 11.3 Å². The van der Waals surface area contributed by atoms with E-state index in [0.717, 1.165) is 17.7 Å².